The van der Waals surface area contributed by atoms with Crippen LogP contribution in [-0.2, 0) is 15.8 Å². The zero-order chi connectivity index (χ0) is 27.8. The fraction of sp³-hybridized carbons (Fsp3) is 0.552. The first kappa shape index (κ1) is 27.9. The van der Waals surface area contributed by atoms with E-state index in [1.807, 2.05) is 51.1 Å². The Hall–Kier alpha value is -3.10. The van der Waals surface area contributed by atoms with Gasteiger partial charge in [-0.3, -0.25) is 4.79 Å². The number of benzene rings is 1. The van der Waals surface area contributed by atoms with Gasteiger partial charge < -0.3 is 15.3 Å². The molecule has 6 nitrogen and oxygen atoms in total. The highest BCUT2D eigenvalue weighted by Gasteiger charge is 2.58. The number of halogens is 3. The SMILES string of the molecule is Cc1cc(C(F)(F)F)cc(N[C@@H]2[C@@H](C(C)(C)C)[C@H](C(=O)O)N(C(=O)C3CCCCC3)[C@@H]2c2ccccc2)n1. The molecular weight excluding hydrogens is 495 g/mol. The van der Waals surface area contributed by atoms with Crippen LogP contribution < -0.4 is 5.32 Å². The van der Waals surface area contributed by atoms with Gasteiger partial charge in [0.25, 0.3) is 0 Å². The number of carboxylic acid groups (broad SMARTS) is 1. The Morgan fingerprint density at radius 3 is 2.21 bits per heavy atom. The first-order valence-corrected chi connectivity index (χ1v) is 13.2. The third kappa shape index (κ3) is 5.66. The number of nitrogens with zero attached hydrogens (tertiary/aromatic N) is 2. The lowest BCUT2D eigenvalue weighted by Gasteiger charge is -2.36. The number of hydrogen-bond donors (Lipinski definition) is 2. The third-order valence-electron chi connectivity index (χ3n) is 7.86. The lowest BCUT2D eigenvalue weighted by atomic mass is 9.72. The molecule has 1 aromatic carbocycles. The Labute approximate surface area is 221 Å². The molecule has 1 saturated heterocycles. The summed E-state index contributed by atoms with van der Waals surface area (Å²) in [5, 5.41) is 13.7. The average Bonchev–Trinajstić information content (AvgIpc) is 3.19. The van der Waals surface area contributed by atoms with Gasteiger partial charge in [0, 0.05) is 17.5 Å². The summed E-state index contributed by atoms with van der Waals surface area (Å²) in [5.41, 5.74) is -0.518. The number of carbonyl (C=O) groups excluding carboxylic acids is 1. The van der Waals surface area contributed by atoms with Crippen LogP contribution >= 0.6 is 0 Å². The molecule has 206 valence electrons. The fourth-order valence-corrected chi connectivity index (χ4v) is 6.30. The highest BCUT2D eigenvalue weighted by atomic mass is 19.4. The van der Waals surface area contributed by atoms with Gasteiger partial charge in [-0.05, 0) is 42.9 Å². The molecule has 0 radical (unpaired) electrons. The summed E-state index contributed by atoms with van der Waals surface area (Å²) < 4.78 is 40.9. The zero-order valence-corrected chi connectivity index (χ0v) is 22.3. The van der Waals surface area contributed by atoms with Crippen LogP contribution in [0.25, 0.3) is 0 Å². The average molecular weight is 532 g/mol. The van der Waals surface area contributed by atoms with E-state index < -0.39 is 47.2 Å². The van der Waals surface area contributed by atoms with Gasteiger partial charge in [-0.1, -0.05) is 70.4 Å². The van der Waals surface area contributed by atoms with Crippen molar-refractivity contribution in [3.05, 3.63) is 59.3 Å². The molecule has 1 aliphatic carbocycles. The third-order valence-corrected chi connectivity index (χ3v) is 7.86. The largest absolute Gasteiger partial charge is 0.480 e. The lowest BCUT2D eigenvalue weighted by Crippen LogP contribution is -2.49. The molecule has 4 atom stereocenters. The molecule has 1 aliphatic heterocycles. The number of alkyl halides is 3. The van der Waals surface area contributed by atoms with Crippen LogP contribution in [0.1, 0.15) is 75.7 Å². The van der Waals surface area contributed by atoms with E-state index in [1.54, 1.807) is 0 Å². The number of aliphatic carboxylic acids is 1. The first-order chi connectivity index (χ1) is 17.8. The number of aromatic nitrogens is 1. The van der Waals surface area contributed by atoms with Crippen LogP contribution in [0.2, 0.25) is 0 Å². The van der Waals surface area contributed by atoms with E-state index >= 15 is 0 Å². The fourth-order valence-electron chi connectivity index (χ4n) is 6.30. The minimum Gasteiger partial charge on any atom is -0.480 e. The standard InChI is InChI=1S/C29H36F3N3O3/c1-17-15-20(29(30,31)32)16-21(33-17)34-23-22(28(2,3)4)25(27(37)38)35(24(23)18-11-7-5-8-12-18)26(36)19-13-9-6-10-14-19/h5,7-8,11-12,15-16,19,22-25H,6,9-10,13-14H2,1-4H3,(H,33,34)(H,37,38)/t22-,23-,24-,25-/m1/s1. The second-order valence-electron chi connectivity index (χ2n) is 11.7. The predicted octanol–water partition coefficient (Wildman–Crippen LogP) is 6.47. The molecule has 2 N–H and O–H groups in total. The number of hydrogen-bond acceptors (Lipinski definition) is 4. The number of nitrogens with one attached hydrogen (secondary N) is 1. The van der Waals surface area contributed by atoms with Crippen molar-refractivity contribution >= 4 is 17.7 Å². The number of aryl methyl sites for hydroxylation is 1. The van der Waals surface area contributed by atoms with Gasteiger partial charge in [-0.25, -0.2) is 9.78 Å². The summed E-state index contributed by atoms with van der Waals surface area (Å²) in [4.78, 5) is 32.8. The van der Waals surface area contributed by atoms with Crippen molar-refractivity contribution < 1.29 is 27.9 Å². The molecule has 0 bridgehead atoms. The lowest BCUT2D eigenvalue weighted by molar-refractivity contribution is -0.154. The van der Waals surface area contributed by atoms with E-state index in [0.29, 0.717) is 12.8 Å². The molecular formula is C29H36F3N3O3. The molecule has 0 unspecified atom stereocenters. The Bertz CT molecular complexity index is 1160. The van der Waals surface area contributed by atoms with Gasteiger partial charge >= 0.3 is 12.1 Å². The second kappa shape index (κ2) is 10.6. The van der Waals surface area contributed by atoms with Crippen LogP contribution in [0.4, 0.5) is 19.0 Å². The molecule has 4 rings (SSSR count). The van der Waals surface area contributed by atoms with Crippen LogP contribution in [0.3, 0.4) is 0 Å². The summed E-state index contributed by atoms with van der Waals surface area (Å²) >= 11 is 0. The van der Waals surface area contributed by atoms with E-state index in [2.05, 4.69) is 10.3 Å². The summed E-state index contributed by atoms with van der Waals surface area (Å²) in [5.74, 6) is -2.20. The normalized spacial score (nSPS) is 24.9. The molecule has 1 saturated carbocycles. The van der Waals surface area contributed by atoms with Crippen molar-refractivity contribution in [2.45, 2.75) is 84.1 Å². The molecule has 2 aromatic rings. The van der Waals surface area contributed by atoms with Crippen LogP contribution in [0.15, 0.2) is 42.5 Å². The minimum atomic E-state index is -4.56. The van der Waals surface area contributed by atoms with Crippen molar-refractivity contribution in [1.29, 1.82) is 0 Å². The monoisotopic (exact) mass is 531 g/mol. The molecule has 1 amide bonds. The number of carboxylic acids is 1. The van der Waals surface area contributed by atoms with E-state index in [-0.39, 0.29) is 23.3 Å². The zero-order valence-electron chi connectivity index (χ0n) is 22.3. The Kier molecular flexibility index (Phi) is 7.77. The van der Waals surface area contributed by atoms with Gasteiger partial charge in [-0.15, -0.1) is 0 Å². The van der Waals surface area contributed by atoms with E-state index in [1.165, 1.54) is 11.8 Å². The van der Waals surface area contributed by atoms with Gasteiger partial charge in [0.1, 0.15) is 11.9 Å². The Morgan fingerprint density at radius 1 is 1.03 bits per heavy atom. The van der Waals surface area contributed by atoms with E-state index in [0.717, 1.165) is 37.0 Å². The maximum absolute atomic E-state index is 14.1. The molecule has 9 heteroatoms. The van der Waals surface area contributed by atoms with Gasteiger partial charge in [0.2, 0.25) is 5.91 Å². The summed E-state index contributed by atoms with van der Waals surface area (Å²) in [7, 11) is 0. The maximum Gasteiger partial charge on any atom is 0.416 e. The summed E-state index contributed by atoms with van der Waals surface area (Å²) in [6.45, 7) is 7.21. The quantitative estimate of drug-likeness (QED) is 0.462. The predicted molar refractivity (Wildman–Crippen MR) is 138 cm³/mol. The number of pyridine rings is 1. The number of carbonyl (C=O) groups is 2. The maximum atomic E-state index is 14.1. The van der Waals surface area contributed by atoms with Crippen LogP contribution in [0.5, 0.6) is 0 Å². The van der Waals surface area contributed by atoms with Gasteiger partial charge in [0.05, 0.1) is 17.6 Å². The molecule has 1 aromatic heterocycles. The number of likely N-dealkylation sites (tertiary alicyclic amines) is 1. The highest BCUT2D eigenvalue weighted by molar-refractivity contribution is 5.87. The van der Waals surface area contributed by atoms with E-state index in [4.69, 9.17) is 0 Å². The summed E-state index contributed by atoms with van der Waals surface area (Å²) in [6.07, 6.45) is -0.282. The number of rotatable bonds is 5. The highest BCUT2D eigenvalue weighted by Crippen LogP contribution is 2.50. The van der Waals surface area contributed by atoms with Crippen molar-refractivity contribution in [1.82, 2.24) is 9.88 Å². The smallest absolute Gasteiger partial charge is 0.416 e. The van der Waals surface area contributed by atoms with Crippen molar-refractivity contribution in [3.63, 3.8) is 0 Å². The number of anilines is 1. The first-order valence-electron chi connectivity index (χ1n) is 13.2. The van der Waals surface area contributed by atoms with Gasteiger partial charge in [-0.2, -0.15) is 13.2 Å². The van der Waals surface area contributed by atoms with Crippen molar-refractivity contribution in [2.24, 2.45) is 17.3 Å². The topological polar surface area (TPSA) is 82.5 Å². The Morgan fingerprint density at radius 2 is 1.66 bits per heavy atom. The minimum absolute atomic E-state index is 0.00797. The van der Waals surface area contributed by atoms with Crippen LogP contribution in [0, 0.1) is 24.2 Å². The van der Waals surface area contributed by atoms with Crippen molar-refractivity contribution in [3.8, 4) is 0 Å². The van der Waals surface area contributed by atoms with Crippen LogP contribution in [-0.4, -0.2) is 39.0 Å². The van der Waals surface area contributed by atoms with E-state index in [9.17, 15) is 27.9 Å². The molecule has 38 heavy (non-hydrogen) atoms. The van der Waals surface area contributed by atoms with Gasteiger partial charge in [0.15, 0.2) is 0 Å². The second-order valence-corrected chi connectivity index (χ2v) is 11.7. The molecule has 2 fully saturated rings. The van der Waals surface area contributed by atoms with Crippen molar-refractivity contribution in [2.75, 3.05) is 5.32 Å². The molecule has 0 spiro atoms. The molecule has 2 heterocycles. The molecule has 2 aliphatic rings. The number of amides is 1. The Balaban J connectivity index is 1.88. The summed E-state index contributed by atoms with van der Waals surface area (Å²) in [6, 6.07) is 8.55.